The normalized spacial score (nSPS) is 18.2. The first-order valence-electron chi connectivity index (χ1n) is 9.58. The Morgan fingerprint density at radius 1 is 0.583 bits per heavy atom. The number of fused-ring (bicyclic) bond motifs is 3. The van der Waals surface area contributed by atoms with Gasteiger partial charge in [0, 0.05) is 11.1 Å². The van der Waals surface area contributed by atoms with E-state index in [1.165, 1.54) is 37.0 Å². The van der Waals surface area contributed by atoms with Crippen LogP contribution in [0.1, 0.15) is 27.7 Å². The molecule has 0 spiro atoms. The summed E-state index contributed by atoms with van der Waals surface area (Å²) in [4.78, 5) is 0. The minimum Gasteiger partial charge on any atom is -0.0614 e. The summed E-state index contributed by atoms with van der Waals surface area (Å²) in [7, 11) is -2.09. The van der Waals surface area contributed by atoms with E-state index in [4.69, 9.17) is 0 Å². The largest absolute Gasteiger partial charge is 0.102 e. The van der Waals surface area contributed by atoms with Gasteiger partial charge in [-0.15, -0.1) is 0 Å². The Hall–Kier alpha value is -0.700. The van der Waals surface area contributed by atoms with Gasteiger partial charge in [0.2, 0.25) is 0 Å². The molecule has 0 atom stereocenters. The molecule has 128 valence electrons. The summed E-state index contributed by atoms with van der Waals surface area (Å²) in [5.74, 6) is 0. The first-order valence-corrected chi connectivity index (χ1v) is 14.3. The molecule has 1 aliphatic rings. The van der Waals surface area contributed by atoms with E-state index in [1.54, 1.807) is 21.7 Å². The third-order valence-corrected chi connectivity index (χ3v) is 16.7. The monoisotopic (exact) mass is 358 g/mol. The van der Waals surface area contributed by atoms with Crippen LogP contribution in [0.25, 0.3) is 11.1 Å². The van der Waals surface area contributed by atoms with Gasteiger partial charge in [0.05, 0.1) is 51.5 Å². The topological polar surface area (TPSA) is 0 Å². The molecule has 0 saturated heterocycles. The molecular weight excluding hydrogens is 326 g/mol. The average molecular weight is 358 g/mol. The fraction of sp³-hybridized carbons (Fsp3) is 0.455. The van der Waals surface area contributed by atoms with Gasteiger partial charge < -0.3 is 0 Å². The third-order valence-electron chi connectivity index (χ3n) is 6.50. The second-order valence-electron chi connectivity index (χ2n) is 7.04. The summed E-state index contributed by atoms with van der Waals surface area (Å²) >= 11 is 0. The van der Waals surface area contributed by atoms with Gasteiger partial charge in [-0.2, -0.15) is 0 Å². The van der Waals surface area contributed by atoms with Crippen LogP contribution in [0.15, 0.2) is 48.5 Å². The lowest BCUT2D eigenvalue weighted by molar-refractivity contribution is 1.27. The fourth-order valence-electron chi connectivity index (χ4n) is 4.61. The zero-order valence-corrected chi connectivity index (χ0v) is 17.5. The van der Waals surface area contributed by atoms with Crippen LogP contribution < -0.4 is 10.6 Å². The zero-order chi connectivity index (χ0) is 17.2. The molecule has 0 saturated carbocycles. The summed E-state index contributed by atoms with van der Waals surface area (Å²) in [6.07, 6.45) is 8.35. The van der Waals surface area contributed by atoms with Crippen molar-refractivity contribution in [2.24, 2.45) is 0 Å². The highest BCUT2D eigenvalue weighted by Gasteiger charge is 2.48. The molecule has 0 aliphatic carbocycles. The predicted octanol–water partition coefficient (Wildman–Crippen LogP) is 5.73. The minimum absolute atomic E-state index is 1.05. The van der Waals surface area contributed by atoms with Crippen LogP contribution in [0.4, 0.5) is 0 Å². The van der Waals surface area contributed by atoms with Crippen molar-refractivity contribution in [3.05, 3.63) is 48.5 Å². The molecule has 2 aromatic carbocycles. The Labute approximate surface area is 149 Å². The fourth-order valence-corrected chi connectivity index (χ4v) is 13.9. The van der Waals surface area contributed by atoms with E-state index in [0.717, 1.165) is 0 Å². The summed E-state index contributed by atoms with van der Waals surface area (Å²) in [6, 6.07) is 18.7. The van der Waals surface area contributed by atoms with Crippen molar-refractivity contribution in [1.82, 2.24) is 0 Å². The number of benzene rings is 2. The molecule has 1 aliphatic heterocycles. The summed E-state index contributed by atoms with van der Waals surface area (Å²) in [5.41, 5.74) is 3.10. The SMILES string of the molecule is CC[P+]1(CC)CC[P+](CC)(CC)c2ccccc2-c2ccccc21. The van der Waals surface area contributed by atoms with Crippen LogP contribution in [0.3, 0.4) is 0 Å². The molecule has 0 N–H and O–H groups in total. The lowest BCUT2D eigenvalue weighted by Crippen LogP contribution is -2.31. The van der Waals surface area contributed by atoms with Crippen molar-refractivity contribution in [1.29, 1.82) is 0 Å². The molecule has 0 aromatic heterocycles. The standard InChI is InChI=1S/C22H32P2/c1-5-23(6-2)17-18-24(7-3,8-4)22-16-12-10-14-20(22)19-13-9-11-15-21(19)23/h9-16H,5-8,17-18H2,1-4H3/q+2. The number of rotatable bonds is 4. The van der Waals surface area contributed by atoms with Crippen LogP contribution in [0.2, 0.25) is 0 Å². The Bertz CT molecular complexity index is 635. The molecule has 2 aromatic rings. The summed E-state index contributed by atoms with van der Waals surface area (Å²) < 4.78 is 0. The maximum absolute atomic E-state index is 2.45. The van der Waals surface area contributed by atoms with Crippen molar-refractivity contribution in [2.75, 3.05) is 37.0 Å². The van der Waals surface area contributed by atoms with Crippen molar-refractivity contribution in [2.45, 2.75) is 27.7 Å². The Morgan fingerprint density at radius 3 is 1.25 bits per heavy atom. The van der Waals surface area contributed by atoms with Crippen molar-refractivity contribution < 1.29 is 0 Å². The molecule has 0 unspecified atom stereocenters. The van der Waals surface area contributed by atoms with Gasteiger partial charge in [0.25, 0.3) is 0 Å². The molecule has 0 bridgehead atoms. The molecule has 0 amide bonds. The highest BCUT2D eigenvalue weighted by Crippen LogP contribution is 2.67. The molecule has 0 fully saturated rings. The number of hydrogen-bond donors (Lipinski definition) is 0. The van der Waals surface area contributed by atoms with Crippen LogP contribution in [-0.4, -0.2) is 37.0 Å². The third kappa shape index (κ3) is 2.77. The minimum atomic E-state index is -1.05. The lowest BCUT2D eigenvalue weighted by atomic mass is 10.1. The van der Waals surface area contributed by atoms with Crippen LogP contribution >= 0.6 is 14.5 Å². The molecule has 24 heavy (non-hydrogen) atoms. The maximum atomic E-state index is 2.45. The zero-order valence-electron chi connectivity index (χ0n) is 15.8. The lowest BCUT2D eigenvalue weighted by Gasteiger charge is -2.35. The molecule has 3 rings (SSSR count). The Balaban J connectivity index is 2.35. The Kier molecular flexibility index (Phi) is 5.48. The van der Waals surface area contributed by atoms with Crippen LogP contribution in [0, 0.1) is 0 Å². The van der Waals surface area contributed by atoms with Crippen LogP contribution in [-0.2, 0) is 0 Å². The van der Waals surface area contributed by atoms with E-state index in [0.29, 0.717) is 0 Å². The first-order chi connectivity index (χ1) is 11.7. The van der Waals surface area contributed by atoms with Crippen molar-refractivity contribution in [3.8, 4) is 11.1 Å². The first kappa shape index (κ1) is 18.1. The highest BCUT2D eigenvalue weighted by atomic mass is 31.2. The van der Waals surface area contributed by atoms with Gasteiger partial charge in [-0.3, -0.25) is 0 Å². The van der Waals surface area contributed by atoms with Gasteiger partial charge in [-0.25, -0.2) is 0 Å². The van der Waals surface area contributed by atoms with E-state index in [-0.39, 0.29) is 0 Å². The molecule has 1 heterocycles. The molecular formula is C22H32P2+2. The second kappa shape index (κ2) is 7.27. The van der Waals surface area contributed by atoms with Crippen molar-refractivity contribution >= 4 is 25.1 Å². The highest BCUT2D eigenvalue weighted by molar-refractivity contribution is 7.87. The van der Waals surface area contributed by atoms with E-state index in [1.807, 2.05) is 0 Å². The molecule has 0 nitrogen and oxygen atoms in total. The van der Waals surface area contributed by atoms with E-state index >= 15 is 0 Å². The predicted molar refractivity (Wildman–Crippen MR) is 117 cm³/mol. The van der Waals surface area contributed by atoms with Gasteiger partial charge in [0.1, 0.15) is 10.6 Å². The average Bonchev–Trinajstić information content (AvgIpc) is 2.66. The maximum Gasteiger partial charge on any atom is 0.102 e. The van der Waals surface area contributed by atoms with Gasteiger partial charge >= 0.3 is 0 Å². The number of hydrogen-bond acceptors (Lipinski definition) is 0. The molecule has 0 radical (unpaired) electrons. The van der Waals surface area contributed by atoms with Gasteiger partial charge in [-0.05, 0) is 39.8 Å². The quantitative estimate of drug-likeness (QED) is 0.612. The second-order valence-corrected chi connectivity index (χ2v) is 16.0. The van der Waals surface area contributed by atoms with Crippen LogP contribution in [0.5, 0.6) is 0 Å². The van der Waals surface area contributed by atoms with Gasteiger partial charge in [0.15, 0.2) is 0 Å². The summed E-state index contributed by atoms with van der Waals surface area (Å²) in [5, 5.41) is 3.40. The van der Waals surface area contributed by atoms with E-state index in [9.17, 15) is 0 Å². The van der Waals surface area contributed by atoms with E-state index in [2.05, 4.69) is 76.2 Å². The summed E-state index contributed by atoms with van der Waals surface area (Å²) in [6.45, 7) is 9.78. The smallest absolute Gasteiger partial charge is 0.0614 e. The molecule has 2 heteroatoms. The van der Waals surface area contributed by atoms with Gasteiger partial charge in [-0.1, -0.05) is 36.4 Å². The Morgan fingerprint density at radius 2 is 0.917 bits per heavy atom. The van der Waals surface area contributed by atoms with E-state index < -0.39 is 14.5 Å². The van der Waals surface area contributed by atoms with Crippen molar-refractivity contribution in [3.63, 3.8) is 0 Å².